The number of imidazole rings is 1. The minimum absolute atomic E-state index is 0.0197. The van der Waals surface area contributed by atoms with Crippen molar-refractivity contribution in [2.24, 2.45) is 11.7 Å². The molecule has 0 spiro atoms. The van der Waals surface area contributed by atoms with Crippen molar-refractivity contribution in [1.82, 2.24) is 9.55 Å². The highest BCUT2D eigenvalue weighted by molar-refractivity contribution is 5.50. The first kappa shape index (κ1) is 14.2. The number of hydrogen-bond donors (Lipinski definition) is 1. The fraction of sp³-hybridized carbons (Fsp3) is 0.333. The molecule has 1 heterocycles. The molecule has 0 aliphatic carbocycles. The molecule has 0 bridgehead atoms. The maximum atomic E-state index is 13.7. The molecule has 2 rings (SSSR count). The molecule has 4 nitrogen and oxygen atoms in total. The van der Waals surface area contributed by atoms with Gasteiger partial charge in [0, 0.05) is 24.4 Å². The van der Waals surface area contributed by atoms with Crippen LogP contribution >= 0.6 is 0 Å². The van der Waals surface area contributed by atoms with Crippen LogP contribution in [0.4, 0.5) is 4.39 Å². The van der Waals surface area contributed by atoms with Crippen LogP contribution in [-0.4, -0.2) is 16.1 Å². The first-order valence-corrected chi connectivity index (χ1v) is 6.51. The number of rotatable bonds is 4. The second kappa shape index (κ2) is 5.85. The van der Waals surface area contributed by atoms with Crippen LogP contribution < -0.4 is 5.73 Å². The molecule has 0 aliphatic rings. The fourth-order valence-electron chi connectivity index (χ4n) is 2.34. The Hall–Kier alpha value is -2.19. The molecule has 0 saturated carbocycles. The Morgan fingerprint density at radius 3 is 2.80 bits per heavy atom. The number of halogens is 1. The van der Waals surface area contributed by atoms with Crippen molar-refractivity contribution in [2.45, 2.75) is 19.8 Å². The lowest BCUT2D eigenvalue weighted by Gasteiger charge is -2.21. The van der Waals surface area contributed by atoms with Gasteiger partial charge in [0.2, 0.25) is 0 Å². The predicted octanol–water partition coefficient (Wildman–Crippen LogP) is 2.58. The lowest BCUT2D eigenvalue weighted by Crippen LogP contribution is -2.20. The van der Waals surface area contributed by atoms with Gasteiger partial charge >= 0.3 is 0 Å². The van der Waals surface area contributed by atoms with Crippen LogP contribution in [-0.2, 0) is 0 Å². The fourth-order valence-corrected chi connectivity index (χ4v) is 2.34. The molecule has 2 aromatic rings. The summed E-state index contributed by atoms with van der Waals surface area (Å²) in [4.78, 5) is 4.13. The molecule has 0 amide bonds. The first-order valence-electron chi connectivity index (χ1n) is 6.51. The number of benzene rings is 1. The van der Waals surface area contributed by atoms with Crippen LogP contribution in [0.3, 0.4) is 0 Å². The second-order valence-corrected chi connectivity index (χ2v) is 5.02. The molecule has 104 valence electrons. The highest BCUT2D eigenvalue weighted by Crippen LogP contribution is 2.27. The van der Waals surface area contributed by atoms with E-state index < -0.39 is 5.82 Å². The van der Waals surface area contributed by atoms with Crippen molar-refractivity contribution in [3.63, 3.8) is 0 Å². The van der Waals surface area contributed by atoms with Gasteiger partial charge in [-0.2, -0.15) is 5.26 Å². The Morgan fingerprint density at radius 2 is 2.20 bits per heavy atom. The highest BCUT2D eigenvalue weighted by Gasteiger charge is 2.20. The van der Waals surface area contributed by atoms with Gasteiger partial charge < -0.3 is 10.3 Å². The Kier molecular flexibility index (Phi) is 4.16. The summed E-state index contributed by atoms with van der Waals surface area (Å²) in [6.07, 6.45) is 3.32. The summed E-state index contributed by atoms with van der Waals surface area (Å²) in [5.74, 6) is -0.0969. The van der Waals surface area contributed by atoms with Crippen molar-refractivity contribution in [3.05, 3.63) is 47.8 Å². The van der Waals surface area contributed by atoms with E-state index in [0.717, 1.165) is 5.69 Å². The molecule has 0 radical (unpaired) electrons. The van der Waals surface area contributed by atoms with Crippen molar-refractivity contribution in [2.75, 3.05) is 6.54 Å². The summed E-state index contributed by atoms with van der Waals surface area (Å²) in [5, 5.41) is 9.15. The summed E-state index contributed by atoms with van der Waals surface area (Å²) in [6.45, 7) is 4.62. The number of nitrogens with two attached hydrogens (primary N) is 1. The lowest BCUT2D eigenvalue weighted by atomic mass is 9.92. The molecule has 1 unspecified atom stereocenters. The van der Waals surface area contributed by atoms with Crippen LogP contribution in [0.15, 0.2) is 30.7 Å². The third-order valence-electron chi connectivity index (χ3n) is 3.47. The third-order valence-corrected chi connectivity index (χ3v) is 3.47. The van der Waals surface area contributed by atoms with Crippen molar-refractivity contribution in [3.8, 4) is 11.8 Å². The number of nitrogens with zero attached hydrogens (tertiary/aromatic N) is 3. The molecule has 1 aromatic heterocycles. The van der Waals surface area contributed by atoms with Crippen molar-refractivity contribution >= 4 is 0 Å². The minimum atomic E-state index is -0.529. The zero-order valence-electron chi connectivity index (χ0n) is 11.5. The standard InChI is InChI=1S/C15H17FN4/c1-10(2)11(6-17)15-8-19-9-20(15)14-5-3-4-13(16)12(14)7-18/h3-5,8-11H,6,17H2,1-2H3. The van der Waals surface area contributed by atoms with Gasteiger partial charge in [-0.25, -0.2) is 9.37 Å². The molecule has 0 aliphatic heterocycles. The van der Waals surface area contributed by atoms with Crippen LogP contribution in [0.2, 0.25) is 0 Å². The normalized spacial score (nSPS) is 12.4. The van der Waals surface area contributed by atoms with Gasteiger partial charge in [0.05, 0.1) is 12.0 Å². The Morgan fingerprint density at radius 1 is 1.45 bits per heavy atom. The lowest BCUT2D eigenvalue weighted by molar-refractivity contribution is 0.489. The predicted molar refractivity (Wildman–Crippen MR) is 74.9 cm³/mol. The Bertz CT molecular complexity index is 640. The number of hydrogen-bond acceptors (Lipinski definition) is 3. The van der Waals surface area contributed by atoms with Crippen molar-refractivity contribution < 1.29 is 4.39 Å². The summed E-state index contributed by atoms with van der Waals surface area (Å²) in [5.41, 5.74) is 7.24. The van der Waals surface area contributed by atoms with Crippen LogP contribution in [0, 0.1) is 23.1 Å². The van der Waals surface area contributed by atoms with E-state index >= 15 is 0 Å². The number of nitriles is 1. The van der Waals surface area contributed by atoms with Gasteiger partial charge in [-0.3, -0.25) is 0 Å². The van der Waals surface area contributed by atoms with E-state index in [0.29, 0.717) is 18.2 Å². The molecule has 2 N–H and O–H groups in total. The van der Waals surface area contributed by atoms with E-state index in [1.165, 1.54) is 6.07 Å². The van der Waals surface area contributed by atoms with Crippen LogP contribution in [0.25, 0.3) is 5.69 Å². The summed E-state index contributed by atoms with van der Waals surface area (Å²) < 4.78 is 15.5. The van der Waals surface area contributed by atoms with E-state index in [9.17, 15) is 4.39 Å². The molecular weight excluding hydrogens is 255 g/mol. The van der Waals surface area contributed by atoms with E-state index in [-0.39, 0.29) is 11.5 Å². The summed E-state index contributed by atoms with van der Waals surface area (Å²) in [6, 6.07) is 6.48. The van der Waals surface area contributed by atoms with Gasteiger partial charge in [0.1, 0.15) is 17.4 Å². The topological polar surface area (TPSA) is 67.6 Å². The van der Waals surface area contributed by atoms with E-state index in [4.69, 9.17) is 11.0 Å². The SMILES string of the molecule is CC(C)C(CN)c1cncn1-c1cccc(F)c1C#N. The van der Waals surface area contributed by atoms with Crippen LogP contribution in [0.1, 0.15) is 31.0 Å². The monoisotopic (exact) mass is 272 g/mol. The maximum Gasteiger partial charge on any atom is 0.143 e. The Balaban J connectivity index is 2.59. The molecule has 20 heavy (non-hydrogen) atoms. The van der Waals surface area contributed by atoms with Gasteiger partial charge in [-0.05, 0) is 18.1 Å². The largest absolute Gasteiger partial charge is 0.330 e. The minimum Gasteiger partial charge on any atom is -0.330 e. The van der Waals surface area contributed by atoms with E-state index in [2.05, 4.69) is 18.8 Å². The molecule has 5 heteroatoms. The maximum absolute atomic E-state index is 13.7. The zero-order chi connectivity index (χ0) is 14.7. The smallest absolute Gasteiger partial charge is 0.143 e. The van der Waals surface area contributed by atoms with E-state index in [1.807, 2.05) is 6.07 Å². The quantitative estimate of drug-likeness (QED) is 0.930. The zero-order valence-corrected chi connectivity index (χ0v) is 11.5. The van der Waals surface area contributed by atoms with Crippen LogP contribution in [0.5, 0.6) is 0 Å². The molecule has 1 aromatic carbocycles. The average Bonchev–Trinajstić information content (AvgIpc) is 2.87. The summed E-state index contributed by atoms with van der Waals surface area (Å²) in [7, 11) is 0. The van der Waals surface area contributed by atoms with E-state index in [1.54, 1.807) is 29.2 Å². The molecule has 1 atom stereocenters. The third kappa shape index (κ3) is 2.43. The molecular formula is C15H17FN4. The summed E-state index contributed by atoms with van der Waals surface area (Å²) >= 11 is 0. The second-order valence-electron chi connectivity index (χ2n) is 5.02. The van der Waals surface area contributed by atoms with Gasteiger partial charge in [-0.1, -0.05) is 19.9 Å². The van der Waals surface area contributed by atoms with Gasteiger partial charge in [0.25, 0.3) is 0 Å². The number of aromatic nitrogens is 2. The average molecular weight is 272 g/mol. The Labute approximate surface area is 117 Å². The van der Waals surface area contributed by atoms with Gasteiger partial charge in [0.15, 0.2) is 0 Å². The van der Waals surface area contributed by atoms with Gasteiger partial charge in [-0.15, -0.1) is 0 Å². The highest BCUT2D eigenvalue weighted by atomic mass is 19.1. The van der Waals surface area contributed by atoms with Crippen molar-refractivity contribution in [1.29, 1.82) is 5.26 Å². The molecule has 0 saturated heterocycles. The molecule has 0 fully saturated rings. The first-order chi connectivity index (χ1) is 9.60.